The summed E-state index contributed by atoms with van der Waals surface area (Å²) in [6, 6.07) is 7.57. The summed E-state index contributed by atoms with van der Waals surface area (Å²) in [4.78, 5) is 12.0. The predicted octanol–water partition coefficient (Wildman–Crippen LogP) is 2.97. The lowest BCUT2D eigenvalue weighted by molar-refractivity contribution is -0.122. The Hall–Kier alpha value is -1.60. The van der Waals surface area contributed by atoms with Crippen LogP contribution in [-0.2, 0) is 4.79 Å². The van der Waals surface area contributed by atoms with Crippen LogP contribution in [0.2, 0.25) is 0 Å². The molecule has 0 spiro atoms. The topological polar surface area (TPSA) is 64.1 Å². The fourth-order valence-corrected chi connectivity index (χ4v) is 2.60. The third-order valence-electron chi connectivity index (χ3n) is 2.51. The van der Waals surface area contributed by atoms with E-state index in [1.807, 2.05) is 37.4 Å². The molecule has 20 heavy (non-hydrogen) atoms. The fourth-order valence-electron chi connectivity index (χ4n) is 1.42. The molecule has 1 amide bonds. The molecule has 1 atom stereocenters. The predicted molar refractivity (Wildman–Crippen MR) is 81.6 cm³/mol. The van der Waals surface area contributed by atoms with Crippen LogP contribution in [0.4, 0.5) is 5.13 Å². The minimum absolute atomic E-state index is 0.241. The summed E-state index contributed by atoms with van der Waals surface area (Å²) in [5, 5.41) is 11.0. The van der Waals surface area contributed by atoms with Crippen LogP contribution in [0.3, 0.4) is 0 Å². The number of amides is 1. The van der Waals surface area contributed by atoms with Crippen LogP contribution in [0, 0.1) is 6.92 Å². The maximum Gasteiger partial charge on any atom is 0.266 e. The molecule has 0 radical (unpaired) electrons. The highest BCUT2D eigenvalue weighted by Crippen LogP contribution is 2.23. The van der Waals surface area contributed by atoms with Gasteiger partial charge in [-0.05, 0) is 32.2 Å². The van der Waals surface area contributed by atoms with Gasteiger partial charge in [-0.2, -0.15) is 0 Å². The Bertz CT molecular complexity index is 584. The monoisotopic (exact) mass is 309 g/mol. The highest BCUT2D eigenvalue weighted by atomic mass is 32.2. The van der Waals surface area contributed by atoms with Crippen molar-refractivity contribution in [1.29, 1.82) is 0 Å². The molecule has 0 unspecified atom stereocenters. The molecule has 1 aromatic carbocycles. The lowest BCUT2D eigenvalue weighted by Crippen LogP contribution is -2.30. The molecule has 0 aliphatic rings. The zero-order valence-corrected chi connectivity index (χ0v) is 13.0. The quantitative estimate of drug-likeness (QED) is 0.679. The summed E-state index contributed by atoms with van der Waals surface area (Å²) >= 11 is 2.83. The SMILES string of the molecule is CSc1nnc(NC(=O)[C@@H](C)Oc2ccc(C)cc2)s1. The second kappa shape index (κ2) is 6.71. The average Bonchev–Trinajstić information content (AvgIpc) is 2.89. The maximum absolute atomic E-state index is 12.0. The largest absolute Gasteiger partial charge is 0.481 e. The Kier molecular flexibility index (Phi) is 4.97. The zero-order chi connectivity index (χ0) is 14.5. The molecular formula is C13H15N3O2S2. The van der Waals surface area contributed by atoms with E-state index in [-0.39, 0.29) is 5.91 Å². The number of nitrogens with one attached hydrogen (secondary N) is 1. The molecule has 0 saturated heterocycles. The standard InChI is InChI=1S/C13H15N3O2S2/c1-8-4-6-10(7-5-8)18-9(2)11(17)14-12-15-16-13(19-3)20-12/h4-7,9H,1-3H3,(H,14,15,17)/t9-/m1/s1. The number of thioether (sulfide) groups is 1. The number of hydrogen-bond donors (Lipinski definition) is 1. The first kappa shape index (κ1) is 14.8. The number of aromatic nitrogens is 2. The molecule has 0 aliphatic heterocycles. The minimum atomic E-state index is -0.598. The van der Waals surface area contributed by atoms with Crippen LogP contribution in [0.25, 0.3) is 0 Å². The van der Waals surface area contributed by atoms with E-state index in [0.717, 1.165) is 9.90 Å². The summed E-state index contributed by atoms with van der Waals surface area (Å²) < 4.78 is 6.39. The van der Waals surface area contributed by atoms with Crippen LogP contribution < -0.4 is 10.1 Å². The van der Waals surface area contributed by atoms with Gasteiger partial charge < -0.3 is 4.74 Å². The van der Waals surface area contributed by atoms with Crippen molar-refractivity contribution in [2.24, 2.45) is 0 Å². The fraction of sp³-hybridized carbons (Fsp3) is 0.308. The lowest BCUT2D eigenvalue weighted by Gasteiger charge is -2.13. The molecule has 2 rings (SSSR count). The van der Waals surface area contributed by atoms with Crippen LogP contribution in [-0.4, -0.2) is 28.5 Å². The highest BCUT2D eigenvalue weighted by Gasteiger charge is 2.16. The molecule has 1 heterocycles. The van der Waals surface area contributed by atoms with Crippen molar-refractivity contribution in [3.05, 3.63) is 29.8 Å². The van der Waals surface area contributed by atoms with Crippen LogP contribution in [0.1, 0.15) is 12.5 Å². The Morgan fingerprint density at radius 1 is 1.35 bits per heavy atom. The minimum Gasteiger partial charge on any atom is -0.481 e. The van der Waals surface area contributed by atoms with Gasteiger partial charge in [0.25, 0.3) is 5.91 Å². The van der Waals surface area contributed by atoms with Crippen molar-refractivity contribution in [2.75, 3.05) is 11.6 Å². The van der Waals surface area contributed by atoms with E-state index in [4.69, 9.17) is 4.74 Å². The molecule has 0 fully saturated rings. The first-order valence-corrected chi connectivity index (χ1v) is 8.04. The molecule has 0 aliphatic carbocycles. The summed E-state index contributed by atoms with van der Waals surface area (Å²) in [6.45, 7) is 3.70. The molecular weight excluding hydrogens is 294 g/mol. The number of rotatable bonds is 5. The second-order valence-corrected chi connectivity index (χ2v) is 6.17. The van der Waals surface area contributed by atoms with Crippen molar-refractivity contribution in [1.82, 2.24) is 10.2 Å². The van der Waals surface area contributed by atoms with E-state index in [2.05, 4.69) is 15.5 Å². The first-order valence-electron chi connectivity index (χ1n) is 6.00. The van der Waals surface area contributed by atoms with Gasteiger partial charge in [0.1, 0.15) is 5.75 Å². The van der Waals surface area contributed by atoms with Crippen molar-refractivity contribution in [2.45, 2.75) is 24.3 Å². The van der Waals surface area contributed by atoms with Gasteiger partial charge in [-0.3, -0.25) is 10.1 Å². The van der Waals surface area contributed by atoms with Crippen molar-refractivity contribution in [3.8, 4) is 5.75 Å². The summed E-state index contributed by atoms with van der Waals surface area (Å²) in [7, 11) is 0. The first-order chi connectivity index (χ1) is 9.58. The van der Waals surface area contributed by atoms with Gasteiger partial charge in [-0.15, -0.1) is 10.2 Å². The number of carbonyl (C=O) groups is 1. The van der Waals surface area contributed by atoms with Gasteiger partial charge in [-0.1, -0.05) is 40.8 Å². The van der Waals surface area contributed by atoms with Crippen molar-refractivity contribution in [3.63, 3.8) is 0 Å². The molecule has 0 saturated carbocycles. The second-order valence-electron chi connectivity index (χ2n) is 4.14. The third kappa shape index (κ3) is 3.94. The molecule has 5 nitrogen and oxygen atoms in total. The van der Waals surface area contributed by atoms with E-state index in [9.17, 15) is 4.79 Å². The van der Waals surface area contributed by atoms with Crippen LogP contribution >= 0.6 is 23.1 Å². The number of carbonyl (C=O) groups excluding carboxylic acids is 1. The molecule has 106 valence electrons. The number of hydrogen-bond acceptors (Lipinski definition) is 6. The number of benzene rings is 1. The van der Waals surface area contributed by atoms with Gasteiger partial charge in [0.15, 0.2) is 10.4 Å². The molecule has 7 heteroatoms. The van der Waals surface area contributed by atoms with Gasteiger partial charge >= 0.3 is 0 Å². The van der Waals surface area contributed by atoms with Gasteiger partial charge in [0.2, 0.25) is 5.13 Å². The summed E-state index contributed by atoms with van der Waals surface area (Å²) in [5.41, 5.74) is 1.15. The van der Waals surface area contributed by atoms with E-state index >= 15 is 0 Å². The summed E-state index contributed by atoms with van der Waals surface area (Å²) in [5.74, 6) is 0.426. The number of anilines is 1. The normalized spacial score (nSPS) is 11.9. The van der Waals surface area contributed by atoms with Crippen LogP contribution in [0.5, 0.6) is 5.75 Å². The highest BCUT2D eigenvalue weighted by molar-refractivity contribution is 8.00. The Morgan fingerprint density at radius 2 is 2.05 bits per heavy atom. The molecule has 1 aromatic heterocycles. The number of aryl methyl sites for hydroxylation is 1. The Balaban J connectivity index is 1.93. The maximum atomic E-state index is 12.0. The average molecular weight is 309 g/mol. The van der Waals surface area contributed by atoms with Crippen LogP contribution in [0.15, 0.2) is 28.6 Å². The van der Waals surface area contributed by atoms with E-state index in [0.29, 0.717) is 10.9 Å². The van der Waals surface area contributed by atoms with Gasteiger partial charge in [0, 0.05) is 0 Å². The smallest absolute Gasteiger partial charge is 0.266 e. The molecule has 2 aromatic rings. The van der Waals surface area contributed by atoms with E-state index in [1.165, 1.54) is 23.1 Å². The van der Waals surface area contributed by atoms with Gasteiger partial charge in [-0.25, -0.2) is 0 Å². The van der Waals surface area contributed by atoms with Crippen molar-refractivity contribution < 1.29 is 9.53 Å². The molecule has 1 N–H and O–H groups in total. The number of ether oxygens (including phenoxy) is 1. The van der Waals surface area contributed by atoms with Crippen molar-refractivity contribution >= 4 is 34.1 Å². The third-order valence-corrected chi connectivity index (χ3v) is 4.33. The van der Waals surface area contributed by atoms with E-state index in [1.54, 1.807) is 6.92 Å². The Labute approximate surface area is 125 Å². The summed E-state index contributed by atoms with van der Waals surface area (Å²) in [6.07, 6.45) is 1.31. The number of nitrogens with zero attached hydrogens (tertiary/aromatic N) is 2. The molecule has 0 bridgehead atoms. The Morgan fingerprint density at radius 3 is 2.65 bits per heavy atom. The zero-order valence-electron chi connectivity index (χ0n) is 11.4. The van der Waals surface area contributed by atoms with Gasteiger partial charge in [0.05, 0.1) is 0 Å². The lowest BCUT2D eigenvalue weighted by atomic mass is 10.2. The van der Waals surface area contributed by atoms with E-state index < -0.39 is 6.10 Å².